The SMILES string of the molecule is CCc1nn(CC)c(CCC(=O)C2CC2)c1Br. The molecule has 0 aromatic carbocycles. The van der Waals surface area contributed by atoms with Crippen molar-refractivity contribution in [2.75, 3.05) is 0 Å². The molecule has 0 amide bonds. The fourth-order valence-electron chi connectivity index (χ4n) is 2.11. The molecule has 17 heavy (non-hydrogen) atoms. The molecule has 1 aliphatic carbocycles. The highest BCUT2D eigenvalue weighted by Gasteiger charge is 2.29. The van der Waals surface area contributed by atoms with Crippen molar-refractivity contribution in [3.63, 3.8) is 0 Å². The minimum atomic E-state index is 0.373. The highest BCUT2D eigenvalue weighted by Crippen LogP contribution is 2.32. The average Bonchev–Trinajstić information content (AvgIpc) is 3.12. The van der Waals surface area contributed by atoms with E-state index >= 15 is 0 Å². The number of ketones is 1. The predicted molar refractivity (Wildman–Crippen MR) is 71.0 cm³/mol. The fraction of sp³-hybridized carbons (Fsp3) is 0.692. The Balaban J connectivity index is 2.07. The van der Waals surface area contributed by atoms with E-state index in [0.29, 0.717) is 18.1 Å². The third-order valence-electron chi connectivity index (χ3n) is 3.34. The van der Waals surface area contributed by atoms with E-state index in [1.165, 1.54) is 5.69 Å². The van der Waals surface area contributed by atoms with Crippen molar-refractivity contribution < 1.29 is 4.79 Å². The maximum absolute atomic E-state index is 11.7. The van der Waals surface area contributed by atoms with Crippen molar-refractivity contribution >= 4 is 21.7 Å². The molecule has 0 saturated heterocycles. The summed E-state index contributed by atoms with van der Waals surface area (Å²) in [6.45, 7) is 5.06. The first-order valence-electron chi connectivity index (χ1n) is 6.44. The van der Waals surface area contributed by atoms with Gasteiger partial charge in [0.1, 0.15) is 5.78 Å². The molecule has 0 aliphatic heterocycles. The predicted octanol–water partition coefficient (Wildman–Crippen LogP) is 3.14. The summed E-state index contributed by atoms with van der Waals surface area (Å²) >= 11 is 3.61. The van der Waals surface area contributed by atoms with E-state index in [9.17, 15) is 4.79 Å². The zero-order valence-corrected chi connectivity index (χ0v) is 12.1. The van der Waals surface area contributed by atoms with Crippen LogP contribution in [0.2, 0.25) is 0 Å². The van der Waals surface area contributed by atoms with Crippen LogP contribution in [0, 0.1) is 5.92 Å². The third-order valence-corrected chi connectivity index (χ3v) is 4.25. The largest absolute Gasteiger partial charge is 0.299 e. The summed E-state index contributed by atoms with van der Waals surface area (Å²) in [7, 11) is 0. The third kappa shape index (κ3) is 2.79. The average molecular weight is 299 g/mol. The van der Waals surface area contributed by atoms with Gasteiger partial charge in [-0.2, -0.15) is 5.10 Å². The smallest absolute Gasteiger partial charge is 0.136 e. The molecule has 0 radical (unpaired) electrons. The lowest BCUT2D eigenvalue weighted by Gasteiger charge is -2.04. The molecule has 0 unspecified atom stereocenters. The Hall–Kier alpha value is -0.640. The summed E-state index contributed by atoms with van der Waals surface area (Å²) in [4.78, 5) is 11.7. The summed E-state index contributed by atoms with van der Waals surface area (Å²) in [6, 6.07) is 0. The first-order valence-corrected chi connectivity index (χ1v) is 7.23. The van der Waals surface area contributed by atoms with E-state index in [-0.39, 0.29) is 0 Å². The number of hydrogen-bond acceptors (Lipinski definition) is 2. The fourth-order valence-corrected chi connectivity index (χ4v) is 2.87. The zero-order chi connectivity index (χ0) is 12.4. The number of hydrogen-bond donors (Lipinski definition) is 0. The Morgan fingerprint density at radius 1 is 1.47 bits per heavy atom. The van der Waals surface area contributed by atoms with Crippen LogP contribution in [0.15, 0.2) is 4.47 Å². The first kappa shape index (κ1) is 12.8. The van der Waals surface area contributed by atoms with E-state index in [1.807, 2.05) is 4.68 Å². The highest BCUT2D eigenvalue weighted by atomic mass is 79.9. The monoisotopic (exact) mass is 298 g/mol. The Morgan fingerprint density at radius 3 is 2.71 bits per heavy atom. The number of carbonyl (C=O) groups excluding carboxylic acids is 1. The summed E-state index contributed by atoms with van der Waals surface area (Å²) in [5.41, 5.74) is 2.28. The first-order chi connectivity index (χ1) is 8.17. The van der Waals surface area contributed by atoms with E-state index < -0.39 is 0 Å². The molecule has 1 saturated carbocycles. The van der Waals surface area contributed by atoms with Gasteiger partial charge in [-0.3, -0.25) is 9.48 Å². The molecular formula is C13H19BrN2O. The van der Waals surface area contributed by atoms with Crippen molar-refractivity contribution in [3.8, 4) is 0 Å². The molecule has 1 heterocycles. The van der Waals surface area contributed by atoms with Crippen LogP contribution >= 0.6 is 15.9 Å². The van der Waals surface area contributed by atoms with Gasteiger partial charge in [-0.05, 0) is 48.5 Å². The van der Waals surface area contributed by atoms with Crippen LogP contribution in [0.4, 0.5) is 0 Å². The van der Waals surface area contributed by atoms with E-state index in [0.717, 1.165) is 42.4 Å². The van der Waals surface area contributed by atoms with Gasteiger partial charge in [-0.15, -0.1) is 0 Å². The number of aryl methyl sites for hydroxylation is 2. The second kappa shape index (κ2) is 5.34. The number of carbonyl (C=O) groups is 1. The molecule has 0 bridgehead atoms. The number of nitrogens with zero attached hydrogens (tertiary/aromatic N) is 2. The second-order valence-electron chi connectivity index (χ2n) is 4.62. The van der Waals surface area contributed by atoms with Crippen LogP contribution < -0.4 is 0 Å². The number of Topliss-reactive ketones (excluding diaryl/α,β-unsaturated/α-hetero) is 1. The van der Waals surface area contributed by atoms with Crippen LogP contribution in [0.3, 0.4) is 0 Å². The highest BCUT2D eigenvalue weighted by molar-refractivity contribution is 9.10. The molecule has 1 aromatic rings. The lowest BCUT2D eigenvalue weighted by atomic mass is 10.1. The quantitative estimate of drug-likeness (QED) is 0.809. The Labute approximate surface area is 111 Å². The molecule has 4 heteroatoms. The summed E-state index contributed by atoms with van der Waals surface area (Å²) in [5, 5.41) is 4.54. The summed E-state index contributed by atoms with van der Waals surface area (Å²) < 4.78 is 3.12. The molecule has 1 fully saturated rings. The van der Waals surface area contributed by atoms with Crippen LogP contribution in [0.5, 0.6) is 0 Å². The maximum atomic E-state index is 11.7. The lowest BCUT2D eigenvalue weighted by Crippen LogP contribution is -2.07. The summed E-state index contributed by atoms with van der Waals surface area (Å²) in [5.74, 6) is 0.802. The van der Waals surface area contributed by atoms with E-state index in [1.54, 1.807) is 0 Å². The van der Waals surface area contributed by atoms with Crippen molar-refractivity contribution in [2.24, 2.45) is 5.92 Å². The van der Waals surface area contributed by atoms with Gasteiger partial charge < -0.3 is 0 Å². The van der Waals surface area contributed by atoms with Crippen LogP contribution in [-0.2, 0) is 24.2 Å². The van der Waals surface area contributed by atoms with Crippen molar-refractivity contribution in [2.45, 2.75) is 52.5 Å². The Kier molecular flexibility index (Phi) is 4.02. The van der Waals surface area contributed by atoms with Gasteiger partial charge in [-0.1, -0.05) is 6.92 Å². The van der Waals surface area contributed by atoms with Gasteiger partial charge in [-0.25, -0.2) is 0 Å². The van der Waals surface area contributed by atoms with Gasteiger partial charge in [0.05, 0.1) is 15.9 Å². The summed E-state index contributed by atoms with van der Waals surface area (Å²) in [6.07, 6.45) is 4.62. The molecule has 1 aliphatic rings. The number of aromatic nitrogens is 2. The molecule has 1 aromatic heterocycles. The number of rotatable bonds is 6. The van der Waals surface area contributed by atoms with E-state index in [4.69, 9.17) is 0 Å². The molecule has 3 nitrogen and oxygen atoms in total. The van der Waals surface area contributed by atoms with Gasteiger partial charge in [0.15, 0.2) is 0 Å². The topological polar surface area (TPSA) is 34.9 Å². The van der Waals surface area contributed by atoms with E-state index in [2.05, 4.69) is 34.9 Å². The number of halogens is 1. The van der Waals surface area contributed by atoms with Crippen molar-refractivity contribution in [3.05, 3.63) is 15.9 Å². The Morgan fingerprint density at radius 2 is 2.18 bits per heavy atom. The van der Waals surface area contributed by atoms with Gasteiger partial charge in [0.25, 0.3) is 0 Å². The van der Waals surface area contributed by atoms with Gasteiger partial charge >= 0.3 is 0 Å². The van der Waals surface area contributed by atoms with Crippen molar-refractivity contribution in [1.82, 2.24) is 9.78 Å². The van der Waals surface area contributed by atoms with Crippen LogP contribution in [0.25, 0.3) is 0 Å². The van der Waals surface area contributed by atoms with Crippen molar-refractivity contribution in [1.29, 1.82) is 0 Å². The molecule has 2 rings (SSSR count). The van der Waals surface area contributed by atoms with Crippen LogP contribution in [-0.4, -0.2) is 15.6 Å². The molecule has 0 spiro atoms. The lowest BCUT2D eigenvalue weighted by molar-refractivity contribution is -0.120. The van der Waals surface area contributed by atoms with Gasteiger partial charge in [0, 0.05) is 18.9 Å². The second-order valence-corrected chi connectivity index (χ2v) is 5.41. The minimum absolute atomic E-state index is 0.373. The molecular weight excluding hydrogens is 280 g/mol. The zero-order valence-electron chi connectivity index (χ0n) is 10.5. The molecule has 94 valence electrons. The van der Waals surface area contributed by atoms with Gasteiger partial charge in [0.2, 0.25) is 0 Å². The molecule has 0 atom stereocenters. The maximum Gasteiger partial charge on any atom is 0.136 e. The molecule has 0 N–H and O–H groups in total. The van der Waals surface area contributed by atoms with Crippen LogP contribution in [0.1, 0.15) is 44.5 Å². The Bertz CT molecular complexity index is 421. The standard InChI is InChI=1S/C13H19BrN2O/c1-3-10-13(14)11(16(4-2)15-10)7-8-12(17)9-5-6-9/h9H,3-8H2,1-2H3. The minimum Gasteiger partial charge on any atom is -0.299 e. The normalized spacial score (nSPS) is 15.2.